The number of halogens is 2. The third-order valence-corrected chi connectivity index (χ3v) is 6.94. The van der Waals surface area contributed by atoms with Crippen LogP contribution < -0.4 is 25.1 Å². The van der Waals surface area contributed by atoms with Gasteiger partial charge in [-0.05, 0) is 68.2 Å². The van der Waals surface area contributed by atoms with Crippen molar-refractivity contribution in [1.29, 1.82) is 0 Å². The highest BCUT2D eigenvalue weighted by Crippen LogP contribution is 2.31. The molecule has 0 radical (unpaired) electrons. The molecule has 36 heavy (non-hydrogen) atoms. The molecule has 9 heteroatoms. The summed E-state index contributed by atoms with van der Waals surface area (Å²) < 4.78 is 42.9. The molecule has 0 spiro atoms. The minimum atomic E-state index is -2.91. The quantitative estimate of drug-likeness (QED) is 0.507. The zero-order valence-electron chi connectivity index (χ0n) is 20.3. The highest BCUT2D eigenvalue weighted by Gasteiger charge is 2.20. The van der Waals surface area contributed by atoms with Gasteiger partial charge in [0.15, 0.2) is 11.5 Å². The second-order valence-corrected chi connectivity index (χ2v) is 9.35. The smallest absolute Gasteiger partial charge is 0.387 e. The number of fused-ring (bicyclic) bond motifs is 2. The second kappa shape index (κ2) is 10.8. The molecular formula is C27H31F2N3O4. The fourth-order valence-electron chi connectivity index (χ4n) is 5.00. The summed E-state index contributed by atoms with van der Waals surface area (Å²) in [5.74, 6) is 1.67. The van der Waals surface area contributed by atoms with Crippen molar-refractivity contribution in [2.24, 2.45) is 0 Å². The average Bonchev–Trinajstić information content (AvgIpc) is 2.87. The van der Waals surface area contributed by atoms with E-state index < -0.39 is 6.61 Å². The topological polar surface area (TPSA) is 65.0 Å². The Balaban J connectivity index is 1.16. The lowest BCUT2D eigenvalue weighted by Gasteiger charge is -2.32. The van der Waals surface area contributed by atoms with E-state index in [9.17, 15) is 13.6 Å². The maximum atomic E-state index is 12.8. The molecule has 1 saturated heterocycles. The Bertz CT molecular complexity index is 1270. The van der Waals surface area contributed by atoms with Crippen LogP contribution in [0.5, 0.6) is 17.2 Å². The van der Waals surface area contributed by atoms with E-state index in [-0.39, 0.29) is 11.3 Å². The molecule has 2 aliphatic heterocycles. The molecule has 5 rings (SSSR count). The Morgan fingerprint density at radius 2 is 1.81 bits per heavy atom. The van der Waals surface area contributed by atoms with Gasteiger partial charge >= 0.3 is 6.61 Å². The summed E-state index contributed by atoms with van der Waals surface area (Å²) in [4.78, 5) is 15.1. The minimum Gasteiger partial charge on any atom is -0.486 e. The average molecular weight is 500 g/mol. The van der Waals surface area contributed by atoms with E-state index in [0.29, 0.717) is 37.9 Å². The molecule has 0 saturated carbocycles. The van der Waals surface area contributed by atoms with Gasteiger partial charge in [-0.3, -0.25) is 4.79 Å². The molecule has 0 bridgehead atoms. The number of rotatable bonds is 8. The van der Waals surface area contributed by atoms with Gasteiger partial charge in [-0.25, -0.2) is 0 Å². The van der Waals surface area contributed by atoms with Crippen molar-refractivity contribution in [2.75, 3.05) is 32.8 Å². The van der Waals surface area contributed by atoms with Gasteiger partial charge in [0.2, 0.25) is 0 Å². The molecule has 1 N–H and O–H groups in total. The first-order valence-corrected chi connectivity index (χ1v) is 12.4. The molecule has 1 fully saturated rings. The van der Waals surface area contributed by atoms with Crippen molar-refractivity contribution in [1.82, 2.24) is 14.8 Å². The van der Waals surface area contributed by atoms with Gasteiger partial charge in [0, 0.05) is 43.2 Å². The van der Waals surface area contributed by atoms with Crippen molar-refractivity contribution in [3.05, 3.63) is 63.9 Å². The summed E-state index contributed by atoms with van der Waals surface area (Å²) in [6, 6.07) is 12.9. The molecule has 1 aromatic heterocycles. The number of piperidine rings is 1. The third-order valence-electron chi connectivity index (χ3n) is 6.94. The molecule has 3 heterocycles. The molecule has 3 aromatic rings. The van der Waals surface area contributed by atoms with E-state index in [1.807, 2.05) is 19.1 Å². The van der Waals surface area contributed by atoms with Crippen LogP contribution in [0.3, 0.4) is 0 Å². The standard InChI is InChI=1S/C27H31F2N3O4/c1-18-14-26(33)32(23-16-21(36-27(28)29)3-4-22(18)23)11-10-31-8-6-20(7-9-31)30-17-19-2-5-24-25(15-19)35-13-12-34-24/h2-5,14-16,20,27,30H,6-13,17H2,1H3. The number of likely N-dealkylation sites (tertiary alicyclic amines) is 1. The second-order valence-electron chi connectivity index (χ2n) is 9.35. The number of hydrogen-bond donors (Lipinski definition) is 1. The Morgan fingerprint density at radius 1 is 1.03 bits per heavy atom. The lowest BCUT2D eigenvalue weighted by Crippen LogP contribution is -2.43. The molecule has 0 amide bonds. The van der Waals surface area contributed by atoms with Crippen LogP contribution in [-0.2, 0) is 13.1 Å². The van der Waals surface area contributed by atoms with Crippen molar-refractivity contribution in [3.8, 4) is 17.2 Å². The van der Waals surface area contributed by atoms with E-state index in [2.05, 4.69) is 21.0 Å². The Kier molecular flexibility index (Phi) is 7.38. The van der Waals surface area contributed by atoms with E-state index >= 15 is 0 Å². The molecule has 7 nitrogen and oxygen atoms in total. The van der Waals surface area contributed by atoms with Gasteiger partial charge in [-0.1, -0.05) is 6.07 Å². The number of hydrogen-bond acceptors (Lipinski definition) is 6. The van der Waals surface area contributed by atoms with Crippen molar-refractivity contribution < 1.29 is 23.0 Å². The third kappa shape index (κ3) is 5.63. The first kappa shape index (κ1) is 24.5. The first-order valence-electron chi connectivity index (χ1n) is 12.4. The van der Waals surface area contributed by atoms with E-state index in [4.69, 9.17) is 9.47 Å². The SMILES string of the molecule is Cc1cc(=O)n(CCN2CCC(NCc3ccc4c(c3)OCCO4)CC2)c2cc(OC(F)F)ccc12. The van der Waals surface area contributed by atoms with E-state index in [0.717, 1.165) is 54.9 Å². The van der Waals surface area contributed by atoms with Gasteiger partial charge in [0.25, 0.3) is 5.56 Å². The molecular weight excluding hydrogens is 468 g/mol. The molecule has 192 valence electrons. The maximum absolute atomic E-state index is 12.8. The van der Waals surface area contributed by atoms with Crippen LogP contribution in [0.4, 0.5) is 8.78 Å². The fourth-order valence-corrected chi connectivity index (χ4v) is 5.00. The van der Waals surface area contributed by atoms with Gasteiger partial charge in [0.05, 0.1) is 5.52 Å². The van der Waals surface area contributed by atoms with Crippen molar-refractivity contribution in [2.45, 2.75) is 45.5 Å². The van der Waals surface area contributed by atoms with Crippen LogP contribution in [0.1, 0.15) is 24.0 Å². The van der Waals surface area contributed by atoms with Gasteiger partial charge < -0.3 is 29.0 Å². The van der Waals surface area contributed by atoms with Crippen LogP contribution in [0.2, 0.25) is 0 Å². The molecule has 2 aromatic carbocycles. The summed E-state index contributed by atoms with van der Waals surface area (Å²) in [7, 11) is 0. The Hall–Kier alpha value is -3.17. The first-order chi connectivity index (χ1) is 17.5. The van der Waals surface area contributed by atoms with Crippen LogP contribution in [0.25, 0.3) is 10.9 Å². The largest absolute Gasteiger partial charge is 0.486 e. The number of nitrogens with one attached hydrogen (secondary N) is 1. The van der Waals surface area contributed by atoms with Crippen molar-refractivity contribution >= 4 is 10.9 Å². The van der Waals surface area contributed by atoms with Crippen LogP contribution in [0, 0.1) is 6.92 Å². The van der Waals surface area contributed by atoms with Crippen molar-refractivity contribution in [3.63, 3.8) is 0 Å². The van der Waals surface area contributed by atoms with E-state index in [1.165, 1.54) is 17.7 Å². The Morgan fingerprint density at radius 3 is 2.58 bits per heavy atom. The molecule has 0 aliphatic carbocycles. The Labute approximate surface area is 208 Å². The fraction of sp³-hybridized carbons (Fsp3) is 0.444. The predicted octanol–water partition coefficient (Wildman–Crippen LogP) is 3.94. The lowest BCUT2D eigenvalue weighted by atomic mass is 10.0. The summed E-state index contributed by atoms with van der Waals surface area (Å²) >= 11 is 0. The number of benzene rings is 2. The number of alkyl halides is 2. The highest BCUT2D eigenvalue weighted by atomic mass is 19.3. The van der Waals surface area contributed by atoms with Crippen LogP contribution in [-0.4, -0.2) is 55.0 Å². The van der Waals surface area contributed by atoms with Crippen LogP contribution >= 0.6 is 0 Å². The van der Waals surface area contributed by atoms with Crippen LogP contribution in [0.15, 0.2) is 47.3 Å². The normalized spacial score (nSPS) is 16.6. The van der Waals surface area contributed by atoms with Gasteiger partial charge in [-0.15, -0.1) is 0 Å². The number of pyridine rings is 1. The minimum absolute atomic E-state index is 0.0566. The monoisotopic (exact) mass is 499 g/mol. The van der Waals surface area contributed by atoms with E-state index in [1.54, 1.807) is 16.7 Å². The summed E-state index contributed by atoms with van der Waals surface area (Å²) in [6.07, 6.45) is 2.03. The summed E-state index contributed by atoms with van der Waals surface area (Å²) in [5.41, 5.74) is 2.47. The molecule has 2 aliphatic rings. The highest BCUT2D eigenvalue weighted by molar-refractivity contribution is 5.83. The summed E-state index contributed by atoms with van der Waals surface area (Å²) in [6.45, 7) is 3.95. The number of aryl methyl sites for hydroxylation is 1. The lowest BCUT2D eigenvalue weighted by molar-refractivity contribution is -0.0497. The molecule has 0 atom stereocenters. The van der Waals surface area contributed by atoms with Gasteiger partial charge in [0.1, 0.15) is 19.0 Å². The summed E-state index contributed by atoms with van der Waals surface area (Å²) in [5, 5.41) is 4.51. The number of ether oxygens (including phenoxy) is 3. The maximum Gasteiger partial charge on any atom is 0.387 e. The number of nitrogens with zero attached hydrogens (tertiary/aromatic N) is 2. The van der Waals surface area contributed by atoms with Gasteiger partial charge in [-0.2, -0.15) is 8.78 Å². The molecule has 0 unspecified atom stereocenters. The number of aromatic nitrogens is 1. The zero-order valence-corrected chi connectivity index (χ0v) is 20.3. The predicted molar refractivity (Wildman–Crippen MR) is 133 cm³/mol. The zero-order chi connectivity index (χ0) is 25.1.